The third-order valence-electron chi connectivity index (χ3n) is 8.71. The van der Waals surface area contributed by atoms with Gasteiger partial charge in [-0.3, -0.25) is 14.4 Å². The number of unbranched alkanes of at least 4 members (excludes halogenated alkanes) is 3. The summed E-state index contributed by atoms with van der Waals surface area (Å²) in [5.41, 5.74) is -1.79. The fourth-order valence-corrected chi connectivity index (χ4v) is 6.95. The molecule has 1 spiro atoms. The molecule has 3 amide bonds. The molecule has 0 radical (unpaired) electrons. The van der Waals surface area contributed by atoms with Gasteiger partial charge in [-0.1, -0.05) is 38.3 Å². The van der Waals surface area contributed by atoms with Crippen LogP contribution in [0, 0.1) is 11.8 Å². The molecule has 208 valence electrons. The van der Waals surface area contributed by atoms with Crippen molar-refractivity contribution in [3.8, 4) is 0 Å². The van der Waals surface area contributed by atoms with Gasteiger partial charge in [0.05, 0.1) is 17.4 Å². The van der Waals surface area contributed by atoms with E-state index in [0.717, 1.165) is 38.5 Å². The molecule has 37 heavy (non-hydrogen) atoms. The van der Waals surface area contributed by atoms with Crippen LogP contribution in [-0.4, -0.2) is 94.1 Å². The zero-order valence-corrected chi connectivity index (χ0v) is 23.3. The monoisotopic (exact) mass is 517 g/mol. The van der Waals surface area contributed by atoms with Gasteiger partial charge in [0.1, 0.15) is 11.6 Å². The van der Waals surface area contributed by atoms with Crippen LogP contribution in [0.15, 0.2) is 25.3 Å². The molecule has 6 atom stereocenters. The van der Waals surface area contributed by atoms with Crippen molar-refractivity contribution in [3.63, 3.8) is 0 Å². The van der Waals surface area contributed by atoms with Crippen molar-refractivity contribution in [3.05, 3.63) is 25.3 Å². The zero-order chi connectivity index (χ0) is 27.4. The van der Waals surface area contributed by atoms with E-state index in [0.29, 0.717) is 32.5 Å². The van der Waals surface area contributed by atoms with Crippen molar-refractivity contribution in [2.24, 2.45) is 11.8 Å². The molecule has 2 bridgehead atoms. The summed E-state index contributed by atoms with van der Waals surface area (Å²) in [5.74, 6) is -1.68. The Morgan fingerprint density at radius 2 is 1.84 bits per heavy atom. The summed E-state index contributed by atoms with van der Waals surface area (Å²) < 4.78 is 6.74. The smallest absolute Gasteiger partial charge is 0.248 e. The predicted molar refractivity (Wildman–Crippen MR) is 144 cm³/mol. The number of aliphatic hydroxyl groups excluding tert-OH is 1. The Kier molecular flexibility index (Phi) is 9.62. The zero-order valence-electron chi connectivity index (χ0n) is 23.3. The Morgan fingerprint density at radius 1 is 1.16 bits per heavy atom. The predicted octanol–water partition coefficient (Wildman–Crippen LogP) is 3.15. The van der Waals surface area contributed by atoms with Crippen molar-refractivity contribution in [1.29, 1.82) is 0 Å². The van der Waals surface area contributed by atoms with E-state index >= 15 is 0 Å². The normalized spacial score (nSPS) is 30.8. The van der Waals surface area contributed by atoms with Crippen molar-refractivity contribution in [1.82, 2.24) is 14.7 Å². The largest absolute Gasteiger partial charge is 0.396 e. The van der Waals surface area contributed by atoms with Gasteiger partial charge in [0, 0.05) is 39.3 Å². The Hall–Kier alpha value is -2.19. The first-order chi connectivity index (χ1) is 17.6. The number of carbonyl (C=O) groups is 3. The number of ether oxygens (including phenoxy) is 1. The van der Waals surface area contributed by atoms with Crippen LogP contribution >= 0.6 is 0 Å². The van der Waals surface area contributed by atoms with Crippen molar-refractivity contribution in [2.75, 3.05) is 33.3 Å². The average molecular weight is 518 g/mol. The number of hydrogen-bond donors (Lipinski definition) is 1. The molecule has 0 aromatic carbocycles. The Morgan fingerprint density at radius 3 is 2.46 bits per heavy atom. The highest BCUT2D eigenvalue weighted by Gasteiger charge is 2.78. The lowest BCUT2D eigenvalue weighted by molar-refractivity contribution is -0.154. The highest BCUT2D eigenvalue weighted by molar-refractivity contribution is 5.99. The SMILES string of the molecule is C=CCN(C)C(=O)[C@H]1[C@H]2C(=O)N(CCCCCCO)C(C(=O)N(CC=C)C(C)CCC)C23CC[C@]1(C)O3. The van der Waals surface area contributed by atoms with Gasteiger partial charge >= 0.3 is 0 Å². The van der Waals surface area contributed by atoms with Crippen LogP contribution in [0.2, 0.25) is 0 Å². The van der Waals surface area contributed by atoms with Gasteiger partial charge in [0.15, 0.2) is 0 Å². The second kappa shape index (κ2) is 12.1. The van der Waals surface area contributed by atoms with Gasteiger partial charge in [-0.25, -0.2) is 0 Å². The van der Waals surface area contributed by atoms with Gasteiger partial charge in [-0.15, -0.1) is 13.2 Å². The van der Waals surface area contributed by atoms with Crippen molar-refractivity contribution >= 4 is 17.7 Å². The molecule has 3 rings (SSSR count). The molecule has 0 aliphatic carbocycles. The number of aliphatic hydroxyl groups is 1. The molecule has 3 aliphatic rings. The molecule has 3 fully saturated rings. The number of likely N-dealkylation sites (tertiary alicyclic amines) is 1. The lowest BCUT2D eigenvalue weighted by atomic mass is 9.66. The van der Waals surface area contributed by atoms with Crippen LogP contribution in [0.4, 0.5) is 0 Å². The van der Waals surface area contributed by atoms with E-state index in [9.17, 15) is 14.4 Å². The Bertz CT molecular complexity index is 878. The maximum atomic E-state index is 14.3. The molecule has 3 saturated heterocycles. The topological polar surface area (TPSA) is 90.4 Å². The summed E-state index contributed by atoms with van der Waals surface area (Å²) in [6, 6.07) is -0.760. The van der Waals surface area contributed by atoms with E-state index in [2.05, 4.69) is 20.1 Å². The number of hydrogen-bond acceptors (Lipinski definition) is 5. The Balaban J connectivity index is 2.01. The third-order valence-corrected chi connectivity index (χ3v) is 8.71. The molecule has 3 heterocycles. The van der Waals surface area contributed by atoms with Crippen LogP contribution in [0.25, 0.3) is 0 Å². The summed E-state index contributed by atoms with van der Waals surface area (Å²) >= 11 is 0. The van der Waals surface area contributed by atoms with Gasteiger partial charge in [-0.05, 0) is 46.0 Å². The lowest BCUT2D eigenvalue weighted by Gasteiger charge is -2.39. The van der Waals surface area contributed by atoms with E-state index in [1.807, 2.05) is 18.7 Å². The van der Waals surface area contributed by atoms with Crippen LogP contribution in [-0.2, 0) is 19.1 Å². The van der Waals surface area contributed by atoms with Gasteiger partial charge < -0.3 is 24.5 Å². The fourth-order valence-electron chi connectivity index (χ4n) is 6.95. The van der Waals surface area contributed by atoms with E-state index in [1.54, 1.807) is 29.0 Å². The van der Waals surface area contributed by atoms with Crippen LogP contribution in [0.5, 0.6) is 0 Å². The summed E-state index contributed by atoms with van der Waals surface area (Å²) in [7, 11) is 1.73. The van der Waals surface area contributed by atoms with Crippen molar-refractivity contribution in [2.45, 2.75) is 95.4 Å². The minimum atomic E-state index is -1.01. The molecule has 8 heteroatoms. The molecule has 3 aliphatic heterocycles. The van der Waals surface area contributed by atoms with E-state index in [4.69, 9.17) is 9.84 Å². The molecule has 1 N–H and O–H groups in total. The van der Waals surface area contributed by atoms with Gasteiger partial charge in [-0.2, -0.15) is 0 Å². The molecule has 8 nitrogen and oxygen atoms in total. The fraction of sp³-hybridized carbons (Fsp3) is 0.759. The number of carbonyl (C=O) groups excluding carboxylic acids is 3. The maximum Gasteiger partial charge on any atom is 0.248 e. The molecule has 3 unspecified atom stereocenters. The second-order valence-electron chi connectivity index (χ2n) is 11.3. The second-order valence-corrected chi connectivity index (χ2v) is 11.3. The first-order valence-corrected chi connectivity index (χ1v) is 14.0. The van der Waals surface area contributed by atoms with Crippen LogP contribution in [0.1, 0.15) is 72.1 Å². The molecular formula is C29H47N3O5. The minimum Gasteiger partial charge on any atom is -0.396 e. The van der Waals surface area contributed by atoms with Crippen LogP contribution in [0.3, 0.4) is 0 Å². The number of likely N-dealkylation sites (N-methyl/N-ethyl adjacent to an activating group) is 1. The number of rotatable bonds is 15. The van der Waals surface area contributed by atoms with E-state index < -0.39 is 29.1 Å². The molecule has 0 aromatic heterocycles. The summed E-state index contributed by atoms with van der Waals surface area (Å²) in [5, 5.41) is 9.13. The van der Waals surface area contributed by atoms with E-state index in [-0.39, 0.29) is 30.4 Å². The average Bonchev–Trinajstić information content (AvgIpc) is 3.42. The maximum absolute atomic E-state index is 14.3. The highest BCUT2D eigenvalue weighted by atomic mass is 16.5. The summed E-state index contributed by atoms with van der Waals surface area (Å²) in [6.45, 7) is 15.1. The quantitative estimate of drug-likeness (QED) is 0.266. The van der Waals surface area contributed by atoms with Gasteiger partial charge in [0.25, 0.3) is 0 Å². The first-order valence-electron chi connectivity index (χ1n) is 14.0. The highest BCUT2D eigenvalue weighted by Crippen LogP contribution is 2.63. The van der Waals surface area contributed by atoms with Crippen molar-refractivity contribution < 1.29 is 24.2 Å². The van der Waals surface area contributed by atoms with E-state index in [1.165, 1.54) is 0 Å². The molecule has 0 aromatic rings. The first kappa shape index (κ1) is 29.4. The lowest BCUT2D eigenvalue weighted by Crippen LogP contribution is -2.58. The molecular weight excluding hydrogens is 470 g/mol. The standard InChI is InChI=1S/C29H47N3O5/c1-7-14-21(4)31(18-9-3)27(36)24-29-16-15-28(5,37-29)22(25(34)30(6)17-8-2)23(29)26(35)32(24)19-12-10-11-13-20-33/h8-9,21-24,33H,2-3,7,10-20H2,1,4-6H3/t21?,22-,23+,24?,28+,29?/m1/s1. The van der Waals surface area contributed by atoms with Crippen LogP contribution < -0.4 is 0 Å². The van der Waals surface area contributed by atoms with Gasteiger partial charge in [0.2, 0.25) is 17.7 Å². The summed E-state index contributed by atoms with van der Waals surface area (Å²) in [6.07, 6.45) is 9.59. The number of fused-ring (bicyclic) bond motifs is 1. The number of amides is 3. The Labute approximate surface area is 222 Å². The minimum absolute atomic E-state index is 0.00204. The summed E-state index contributed by atoms with van der Waals surface area (Å²) in [4.78, 5) is 47.3. The molecule has 0 saturated carbocycles. The third kappa shape index (κ3) is 5.24. The number of nitrogens with zero attached hydrogens (tertiary/aromatic N) is 3.